The Labute approximate surface area is 379 Å². The number of hydrogen-bond donors (Lipinski definition) is 0. The van der Waals surface area contributed by atoms with Crippen LogP contribution in [-0.4, -0.2) is 0 Å². The summed E-state index contributed by atoms with van der Waals surface area (Å²) in [5, 5.41) is 2.18. The van der Waals surface area contributed by atoms with E-state index in [0.29, 0.717) is 0 Å². The van der Waals surface area contributed by atoms with Gasteiger partial charge >= 0.3 is 0 Å². The highest BCUT2D eigenvalue weighted by Crippen LogP contribution is 2.60. The van der Waals surface area contributed by atoms with Crippen LogP contribution in [0.15, 0.2) is 247 Å². The lowest BCUT2D eigenvalue weighted by Gasteiger charge is -2.34. The maximum absolute atomic E-state index is 6.62. The van der Waals surface area contributed by atoms with Crippen molar-refractivity contribution >= 4 is 39.0 Å². The smallest absolute Gasteiger partial charge is 0.137 e. The summed E-state index contributed by atoms with van der Waals surface area (Å²) < 4.78 is 6.62. The monoisotopic (exact) mass is 829 g/mol. The van der Waals surface area contributed by atoms with E-state index < -0.39 is 5.41 Å². The van der Waals surface area contributed by atoms with Gasteiger partial charge in [0.15, 0.2) is 0 Å². The third kappa shape index (κ3) is 5.29. The van der Waals surface area contributed by atoms with Gasteiger partial charge in [-0.05, 0) is 110 Å². The zero-order chi connectivity index (χ0) is 43.1. The molecule has 2 nitrogen and oxygen atoms in total. The number of hydrogen-bond acceptors (Lipinski definition) is 2. The van der Waals surface area contributed by atoms with Gasteiger partial charge in [0, 0.05) is 22.1 Å². The highest BCUT2D eigenvalue weighted by Gasteiger charge is 2.47. The van der Waals surface area contributed by atoms with Crippen molar-refractivity contribution in [2.45, 2.75) is 17.8 Å². The van der Waals surface area contributed by atoms with Crippen LogP contribution in [0.3, 0.4) is 0 Å². The molecular formula is C63H43NO. The van der Waals surface area contributed by atoms with Crippen LogP contribution in [0, 0.1) is 0 Å². The number of rotatable bonds is 7. The van der Waals surface area contributed by atoms with Crippen molar-refractivity contribution in [3.63, 3.8) is 0 Å². The summed E-state index contributed by atoms with van der Waals surface area (Å²) in [6.45, 7) is 2.40. The SMILES string of the molecule is CC1(c2ccccc2)c2ccccc2-c2ccc(N(c3ccccc3-c3cccc4c3-c3ccccc3C4(c3ccccc3)c3ccccc3)c3cccc4oc5ccccc5c34)cc21. The summed E-state index contributed by atoms with van der Waals surface area (Å²) in [7, 11) is 0. The minimum Gasteiger partial charge on any atom is -0.456 e. The first-order chi connectivity index (χ1) is 32.2. The van der Waals surface area contributed by atoms with Crippen LogP contribution in [0.1, 0.15) is 45.9 Å². The summed E-state index contributed by atoms with van der Waals surface area (Å²) >= 11 is 0. The molecule has 10 aromatic carbocycles. The van der Waals surface area contributed by atoms with Gasteiger partial charge in [-0.3, -0.25) is 0 Å². The highest BCUT2D eigenvalue weighted by atomic mass is 16.3. The molecule has 306 valence electrons. The van der Waals surface area contributed by atoms with E-state index in [9.17, 15) is 0 Å². The molecule has 1 atom stereocenters. The number of nitrogens with zero attached hydrogens (tertiary/aromatic N) is 1. The molecule has 0 N–H and O–H groups in total. The third-order valence-corrected chi connectivity index (χ3v) is 14.4. The third-order valence-electron chi connectivity index (χ3n) is 14.4. The second kappa shape index (κ2) is 14.4. The Morgan fingerprint density at radius 1 is 0.354 bits per heavy atom. The first kappa shape index (κ1) is 37.4. The van der Waals surface area contributed by atoms with Crippen molar-refractivity contribution in [2.24, 2.45) is 0 Å². The van der Waals surface area contributed by atoms with Gasteiger partial charge in [0.25, 0.3) is 0 Å². The summed E-state index contributed by atoms with van der Waals surface area (Å²) in [4.78, 5) is 2.50. The molecular weight excluding hydrogens is 787 g/mol. The van der Waals surface area contributed by atoms with E-state index in [1.54, 1.807) is 0 Å². The second-order valence-electron chi connectivity index (χ2n) is 17.6. The fourth-order valence-corrected chi connectivity index (χ4v) is 11.7. The van der Waals surface area contributed by atoms with Crippen molar-refractivity contribution in [3.05, 3.63) is 282 Å². The zero-order valence-corrected chi connectivity index (χ0v) is 35.9. The molecule has 1 unspecified atom stereocenters. The summed E-state index contributed by atoms with van der Waals surface area (Å²) in [6, 6.07) is 89.2. The first-order valence-corrected chi connectivity index (χ1v) is 22.6. The molecule has 65 heavy (non-hydrogen) atoms. The van der Waals surface area contributed by atoms with Crippen LogP contribution in [0.5, 0.6) is 0 Å². The molecule has 2 heteroatoms. The summed E-state index contributed by atoms with van der Waals surface area (Å²) in [6.07, 6.45) is 0. The zero-order valence-electron chi connectivity index (χ0n) is 35.9. The van der Waals surface area contributed by atoms with Gasteiger partial charge in [0.05, 0.1) is 22.2 Å². The minimum atomic E-state index is -0.517. The molecule has 1 heterocycles. The van der Waals surface area contributed by atoms with Gasteiger partial charge in [-0.25, -0.2) is 0 Å². The Hall–Kier alpha value is -8.20. The largest absolute Gasteiger partial charge is 0.456 e. The van der Waals surface area contributed by atoms with Crippen LogP contribution in [0.4, 0.5) is 17.1 Å². The van der Waals surface area contributed by atoms with Crippen molar-refractivity contribution in [3.8, 4) is 33.4 Å². The maximum atomic E-state index is 6.62. The Kier molecular flexibility index (Phi) is 8.29. The standard InChI is InChI=1S/C63H43NO/c1-62(42-21-5-2-6-22-42)52-32-15-11-27-46(52)47-40-39-45(41-55(47)62)64(57-36-20-38-59-61(57)51-30-14-18-37-58(51)65-59)56-35-17-13-28-48(56)49-31-19-34-54-60(49)50-29-12-16-33-53(50)63(54,43-23-7-3-8-24-43)44-25-9-4-10-26-44/h2-41H,1H3. The van der Waals surface area contributed by atoms with Gasteiger partial charge in [-0.2, -0.15) is 0 Å². The highest BCUT2D eigenvalue weighted by molar-refractivity contribution is 6.14. The molecule has 0 spiro atoms. The molecule has 13 rings (SSSR count). The minimum absolute atomic E-state index is 0.370. The Morgan fingerprint density at radius 3 is 1.63 bits per heavy atom. The summed E-state index contributed by atoms with van der Waals surface area (Å²) in [5.41, 5.74) is 20.5. The molecule has 0 saturated carbocycles. The van der Waals surface area contributed by atoms with Crippen molar-refractivity contribution in [1.29, 1.82) is 0 Å². The first-order valence-electron chi connectivity index (χ1n) is 22.6. The molecule has 0 radical (unpaired) electrons. The molecule has 11 aromatic rings. The molecule has 0 fully saturated rings. The Balaban J connectivity index is 1.11. The van der Waals surface area contributed by atoms with Gasteiger partial charge in [0.1, 0.15) is 11.2 Å². The molecule has 2 aliphatic rings. The van der Waals surface area contributed by atoms with Crippen LogP contribution in [-0.2, 0) is 10.8 Å². The van der Waals surface area contributed by atoms with Gasteiger partial charge in [-0.15, -0.1) is 0 Å². The quantitative estimate of drug-likeness (QED) is 0.159. The maximum Gasteiger partial charge on any atom is 0.137 e. The number of furan rings is 1. The van der Waals surface area contributed by atoms with Crippen LogP contribution in [0.25, 0.3) is 55.3 Å². The van der Waals surface area contributed by atoms with E-state index in [1.165, 1.54) is 66.8 Å². The van der Waals surface area contributed by atoms with Crippen molar-refractivity contribution in [2.75, 3.05) is 4.90 Å². The lowest BCUT2D eigenvalue weighted by Crippen LogP contribution is -2.28. The van der Waals surface area contributed by atoms with Gasteiger partial charge in [-0.1, -0.05) is 206 Å². The lowest BCUT2D eigenvalue weighted by molar-refractivity contribution is 0.669. The van der Waals surface area contributed by atoms with E-state index in [-0.39, 0.29) is 5.41 Å². The topological polar surface area (TPSA) is 16.4 Å². The van der Waals surface area contributed by atoms with E-state index >= 15 is 0 Å². The second-order valence-corrected chi connectivity index (χ2v) is 17.6. The van der Waals surface area contributed by atoms with E-state index in [4.69, 9.17) is 4.42 Å². The lowest BCUT2D eigenvalue weighted by atomic mass is 9.67. The summed E-state index contributed by atoms with van der Waals surface area (Å²) in [5.74, 6) is 0. The predicted octanol–water partition coefficient (Wildman–Crippen LogP) is 16.4. The number of benzene rings is 10. The number of para-hydroxylation sites is 2. The average Bonchev–Trinajstić information content (AvgIpc) is 4.00. The average molecular weight is 830 g/mol. The van der Waals surface area contributed by atoms with E-state index in [1.807, 2.05) is 0 Å². The van der Waals surface area contributed by atoms with E-state index in [2.05, 4.69) is 254 Å². The molecule has 0 bridgehead atoms. The van der Waals surface area contributed by atoms with Crippen LogP contribution >= 0.6 is 0 Å². The fourth-order valence-electron chi connectivity index (χ4n) is 11.7. The van der Waals surface area contributed by atoms with Crippen molar-refractivity contribution in [1.82, 2.24) is 0 Å². The number of fused-ring (bicyclic) bond motifs is 9. The van der Waals surface area contributed by atoms with Gasteiger partial charge < -0.3 is 9.32 Å². The molecule has 0 saturated heterocycles. The van der Waals surface area contributed by atoms with Crippen LogP contribution < -0.4 is 4.90 Å². The van der Waals surface area contributed by atoms with Crippen molar-refractivity contribution < 1.29 is 4.42 Å². The molecule has 2 aliphatic carbocycles. The van der Waals surface area contributed by atoms with Crippen LogP contribution in [0.2, 0.25) is 0 Å². The Morgan fingerprint density at radius 2 is 0.877 bits per heavy atom. The number of anilines is 3. The fraction of sp³-hybridized carbons (Fsp3) is 0.0476. The van der Waals surface area contributed by atoms with E-state index in [0.717, 1.165) is 44.6 Å². The van der Waals surface area contributed by atoms with Gasteiger partial charge in [0.2, 0.25) is 0 Å². The Bertz CT molecular complexity index is 3580. The normalized spacial score (nSPS) is 15.3. The molecule has 1 aromatic heterocycles. The molecule has 0 aliphatic heterocycles. The predicted molar refractivity (Wildman–Crippen MR) is 269 cm³/mol. The molecule has 0 amide bonds.